The summed E-state index contributed by atoms with van der Waals surface area (Å²) in [6.45, 7) is 1.33. The highest BCUT2D eigenvalue weighted by Crippen LogP contribution is 2.42. The van der Waals surface area contributed by atoms with Crippen molar-refractivity contribution in [2.75, 3.05) is 26.8 Å². The molecule has 0 saturated carbocycles. The Kier molecular flexibility index (Phi) is 10.1. The van der Waals surface area contributed by atoms with Gasteiger partial charge in [-0.25, -0.2) is 13.9 Å². The van der Waals surface area contributed by atoms with Crippen LogP contribution in [0.1, 0.15) is 24.2 Å². The Labute approximate surface area is 285 Å². The molecule has 0 spiro atoms. The number of fused-ring (bicyclic) bond motifs is 1. The number of aromatic nitrogens is 4. The van der Waals surface area contributed by atoms with E-state index in [0.717, 1.165) is 6.42 Å². The molecule has 1 fully saturated rings. The van der Waals surface area contributed by atoms with Gasteiger partial charge in [-0.1, -0.05) is 59.6 Å². The van der Waals surface area contributed by atoms with Crippen molar-refractivity contribution >= 4 is 34.6 Å². The normalized spacial score (nSPS) is 14.5. The van der Waals surface area contributed by atoms with Crippen molar-refractivity contribution in [1.29, 1.82) is 0 Å². The fourth-order valence-corrected chi connectivity index (χ4v) is 6.50. The molecule has 5 aromatic rings. The van der Waals surface area contributed by atoms with Crippen molar-refractivity contribution in [3.05, 3.63) is 92.3 Å². The maximum atomic E-state index is 15.5. The molecule has 0 bridgehead atoms. The minimum atomic E-state index is -0.505. The van der Waals surface area contributed by atoms with E-state index >= 15 is 4.39 Å². The van der Waals surface area contributed by atoms with Gasteiger partial charge in [-0.2, -0.15) is 5.10 Å². The number of ether oxygens (including phenoxy) is 1. The number of carbonyl (C=O) groups excluding carboxylic acids is 1. The number of methoxy groups -OCH3 is 1. The van der Waals surface area contributed by atoms with Crippen LogP contribution in [0.25, 0.3) is 39.0 Å². The minimum Gasteiger partial charge on any atom is -0.481 e. The number of nitrogens with one attached hydrogen (secondary N) is 3. The molecule has 0 aliphatic carbocycles. The van der Waals surface area contributed by atoms with Crippen LogP contribution in [0.2, 0.25) is 10.0 Å². The SMILES string of the molecule is COc1nc(-c2cccc(-c3cccc(-c4cc5c(=O)n(C)c(CNCCO)nn5c4)c3Cl)c2Cl)cc(F)c1CNC[C@H]1CCC(=O)N1. The number of hydrogen-bond acceptors (Lipinski definition) is 8. The molecule has 4 heterocycles. The Hall–Kier alpha value is -4.33. The smallest absolute Gasteiger partial charge is 0.277 e. The summed E-state index contributed by atoms with van der Waals surface area (Å²) < 4.78 is 24.0. The standard InChI is InChI=1S/C34H34Cl2FN7O4/c1-43-29(17-38-11-12-45)42-44-18-19(13-28(44)34(43)47)21-5-3-6-22(31(21)35)23-7-4-8-24(32(23)36)27-14-26(37)25(33(41-27)48-2)16-39-15-20-9-10-30(46)40-20/h3-8,13-14,18,20,38-39,45H,9-12,15-17H2,1-2H3,(H,40,46)/t20-/m1/s1. The maximum absolute atomic E-state index is 15.5. The highest BCUT2D eigenvalue weighted by molar-refractivity contribution is 6.39. The van der Waals surface area contributed by atoms with Gasteiger partial charge in [-0.05, 0) is 12.5 Å². The van der Waals surface area contributed by atoms with Crippen LogP contribution in [0.15, 0.2) is 59.5 Å². The second-order valence-corrected chi connectivity index (χ2v) is 12.2. The first kappa shape index (κ1) is 33.6. The Balaban J connectivity index is 1.31. The van der Waals surface area contributed by atoms with Gasteiger partial charge in [0.1, 0.15) is 17.2 Å². The Morgan fingerprint density at radius 1 is 1.04 bits per heavy atom. The van der Waals surface area contributed by atoms with E-state index in [2.05, 4.69) is 26.0 Å². The lowest BCUT2D eigenvalue weighted by Gasteiger charge is -2.16. The summed E-state index contributed by atoms with van der Waals surface area (Å²) in [6, 6.07) is 14.0. The summed E-state index contributed by atoms with van der Waals surface area (Å²) in [4.78, 5) is 29.2. The van der Waals surface area contributed by atoms with Crippen LogP contribution in [0.4, 0.5) is 4.39 Å². The number of aliphatic hydroxyl groups excluding tert-OH is 1. The lowest BCUT2D eigenvalue weighted by molar-refractivity contribution is -0.119. The first-order chi connectivity index (χ1) is 23.2. The van der Waals surface area contributed by atoms with E-state index in [9.17, 15) is 9.59 Å². The molecular formula is C34H34Cl2FN7O4. The summed E-state index contributed by atoms with van der Waals surface area (Å²) in [5.41, 5.74) is 3.82. The molecule has 0 radical (unpaired) electrons. The third-order valence-corrected chi connectivity index (χ3v) is 9.20. The van der Waals surface area contributed by atoms with Crippen LogP contribution in [0.3, 0.4) is 0 Å². The second kappa shape index (κ2) is 14.4. The van der Waals surface area contributed by atoms with E-state index in [4.69, 9.17) is 33.0 Å². The third kappa shape index (κ3) is 6.67. The highest BCUT2D eigenvalue weighted by atomic mass is 35.5. The molecule has 1 atom stereocenters. The van der Waals surface area contributed by atoms with E-state index in [1.807, 2.05) is 24.3 Å². The number of hydrogen-bond donors (Lipinski definition) is 4. The lowest BCUT2D eigenvalue weighted by atomic mass is 9.97. The number of rotatable bonds is 12. The zero-order valence-electron chi connectivity index (χ0n) is 26.3. The van der Waals surface area contributed by atoms with Crippen molar-refractivity contribution in [2.24, 2.45) is 7.05 Å². The average molecular weight is 695 g/mol. The van der Waals surface area contributed by atoms with Crippen LogP contribution >= 0.6 is 23.2 Å². The van der Waals surface area contributed by atoms with Gasteiger partial charge < -0.3 is 25.8 Å². The van der Waals surface area contributed by atoms with E-state index in [0.29, 0.717) is 81.0 Å². The van der Waals surface area contributed by atoms with Gasteiger partial charge in [0.15, 0.2) is 0 Å². The zero-order valence-corrected chi connectivity index (χ0v) is 27.8. The zero-order chi connectivity index (χ0) is 33.9. The molecule has 11 nitrogen and oxygen atoms in total. The van der Waals surface area contributed by atoms with Gasteiger partial charge in [0, 0.05) is 79.2 Å². The largest absolute Gasteiger partial charge is 0.481 e. The van der Waals surface area contributed by atoms with Crippen LogP contribution < -0.4 is 26.2 Å². The molecule has 4 N–H and O–H groups in total. The molecule has 1 aliphatic rings. The van der Waals surface area contributed by atoms with Crippen molar-refractivity contribution < 1.29 is 19.0 Å². The summed E-state index contributed by atoms with van der Waals surface area (Å²) >= 11 is 14.0. The maximum Gasteiger partial charge on any atom is 0.277 e. The molecule has 48 heavy (non-hydrogen) atoms. The van der Waals surface area contributed by atoms with Gasteiger partial charge >= 0.3 is 0 Å². The summed E-state index contributed by atoms with van der Waals surface area (Å²) in [6.07, 6.45) is 2.97. The number of aliphatic hydroxyl groups is 1. The number of benzene rings is 2. The summed E-state index contributed by atoms with van der Waals surface area (Å²) in [5.74, 6) is 0.151. The molecule has 250 valence electrons. The second-order valence-electron chi connectivity index (χ2n) is 11.5. The molecule has 14 heteroatoms. The van der Waals surface area contributed by atoms with E-state index in [1.165, 1.54) is 22.3 Å². The van der Waals surface area contributed by atoms with Crippen molar-refractivity contribution in [3.63, 3.8) is 0 Å². The fraction of sp³-hybridized carbons (Fsp3) is 0.294. The molecule has 1 aliphatic heterocycles. The molecular weight excluding hydrogens is 660 g/mol. The Bertz CT molecular complexity index is 2070. The van der Waals surface area contributed by atoms with Crippen LogP contribution in [0, 0.1) is 5.82 Å². The summed E-state index contributed by atoms with van der Waals surface area (Å²) in [5, 5.41) is 23.5. The van der Waals surface area contributed by atoms with Gasteiger partial charge in [-0.15, -0.1) is 0 Å². The van der Waals surface area contributed by atoms with Crippen LogP contribution in [-0.4, -0.2) is 63.0 Å². The average Bonchev–Trinajstić information content (AvgIpc) is 3.70. The molecule has 2 aromatic carbocycles. The van der Waals surface area contributed by atoms with Crippen molar-refractivity contribution in [3.8, 4) is 39.4 Å². The number of carbonyl (C=O) groups is 1. The molecule has 6 rings (SSSR count). The van der Waals surface area contributed by atoms with Crippen molar-refractivity contribution in [1.82, 2.24) is 35.1 Å². The lowest BCUT2D eigenvalue weighted by Crippen LogP contribution is -2.35. The molecule has 0 unspecified atom stereocenters. The summed E-state index contributed by atoms with van der Waals surface area (Å²) in [7, 11) is 3.08. The van der Waals surface area contributed by atoms with Crippen LogP contribution in [-0.2, 0) is 24.9 Å². The Morgan fingerprint density at radius 2 is 1.75 bits per heavy atom. The highest BCUT2D eigenvalue weighted by Gasteiger charge is 2.23. The van der Waals surface area contributed by atoms with Gasteiger partial charge in [0.2, 0.25) is 11.8 Å². The number of nitrogens with zero attached hydrogens (tertiary/aromatic N) is 4. The molecule has 3 aromatic heterocycles. The van der Waals surface area contributed by atoms with E-state index in [1.54, 1.807) is 31.4 Å². The van der Waals surface area contributed by atoms with E-state index in [-0.39, 0.29) is 42.1 Å². The predicted octanol–water partition coefficient (Wildman–Crippen LogP) is 4.33. The monoisotopic (exact) mass is 693 g/mol. The van der Waals surface area contributed by atoms with Crippen molar-refractivity contribution in [2.45, 2.75) is 32.0 Å². The number of amides is 1. The van der Waals surface area contributed by atoms with Crippen LogP contribution in [0.5, 0.6) is 5.88 Å². The van der Waals surface area contributed by atoms with Gasteiger partial charge in [0.05, 0.1) is 41.6 Å². The molecule has 1 saturated heterocycles. The minimum absolute atomic E-state index is 0.00448. The Morgan fingerprint density at radius 3 is 2.44 bits per heavy atom. The number of halogens is 3. The predicted molar refractivity (Wildman–Crippen MR) is 183 cm³/mol. The first-order valence-corrected chi connectivity index (χ1v) is 16.2. The topological polar surface area (TPSA) is 135 Å². The fourth-order valence-electron chi connectivity index (χ4n) is 5.84. The van der Waals surface area contributed by atoms with E-state index < -0.39 is 5.82 Å². The molecule has 1 amide bonds. The van der Waals surface area contributed by atoms with Gasteiger partial charge in [-0.3, -0.25) is 14.2 Å². The van der Waals surface area contributed by atoms with Gasteiger partial charge in [0.25, 0.3) is 5.56 Å². The first-order valence-electron chi connectivity index (χ1n) is 15.4. The quantitative estimate of drug-likeness (QED) is 0.142. The third-order valence-electron chi connectivity index (χ3n) is 8.38. The number of pyridine rings is 1.